The van der Waals surface area contributed by atoms with Gasteiger partial charge in [0.2, 0.25) is 0 Å². The van der Waals surface area contributed by atoms with Gasteiger partial charge < -0.3 is 10.5 Å². The number of carbonyl (C=O) groups excluding carboxylic acids is 1. The highest BCUT2D eigenvalue weighted by molar-refractivity contribution is 5.89. The molecule has 78 valence electrons. The number of carbonyl (C=O) groups is 1. The van der Waals surface area contributed by atoms with Crippen molar-refractivity contribution >= 4 is 11.7 Å². The van der Waals surface area contributed by atoms with Gasteiger partial charge in [0.05, 0.1) is 12.3 Å². The summed E-state index contributed by atoms with van der Waals surface area (Å²) < 4.78 is 17.4. The second-order valence-electron chi connectivity index (χ2n) is 2.71. The molecule has 0 heterocycles. The molecule has 0 fully saturated rings. The van der Waals surface area contributed by atoms with Gasteiger partial charge in [0.15, 0.2) is 0 Å². The smallest absolute Gasteiger partial charge is 0.384 e. The minimum Gasteiger partial charge on any atom is -0.456 e. The molecule has 0 amide bonds. The highest BCUT2D eigenvalue weighted by atomic mass is 19.1. The second kappa shape index (κ2) is 5.01. The van der Waals surface area contributed by atoms with Crippen LogP contribution < -0.4 is 5.73 Å². The van der Waals surface area contributed by atoms with Crippen molar-refractivity contribution in [3.63, 3.8) is 0 Å². The first-order valence-corrected chi connectivity index (χ1v) is 4.37. The molecule has 1 aromatic rings. The molecule has 1 aromatic carbocycles. The first-order chi connectivity index (χ1) is 7.13. The number of halogens is 1. The van der Waals surface area contributed by atoms with Crippen LogP contribution in [0.25, 0.3) is 0 Å². The Hall–Kier alpha value is -2.02. The fourth-order valence-electron chi connectivity index (χ4n) is 0.912. The zero-order valence-electron chi connectivity index (χ0n) is 8.21. The molecule has 0 saturated heterocycles. The number of nitrogens with two attached hydrogens (primary N) is 1. The van der Waals surface area contributed by atoms with Crippen molar-refractivity contribution in [2.75, 3.05) is 12.3 Å². The van der Waals surface area contributed by atoms with Crippen LogP contribution >= 0.6 is 0 Å². The lowest BCUT2D eigenvalue weighted by atomic mass is 10.2. The summed E-state index contributed by atoms with van der Waals surface area (Å²) in [6.45, 7) is 1.97. The van der Waals surface area contributed by atoms with E-state index in [0.717, 1.165) is 0 Å². The minimum absolute atomic E-state index is 0.00524. The topological polar surface area (TPSA) is 52.3 Å². The number of hydrogen-bond donors (Lipinski definition) is 1. The number of ether oxygens (including phenoxy) is 1. The van der Waals surface area contributed by atoms with Crippen molar-refractivity contribution in [2.24, 2.45) is 0 Å². The van der Waals surface area contributed by atoms with Gasteiger partial charge in [-0.2, -0.15) is 0 Å². The largest absolute Gasteiger partial charge is 0.456 e. The number of esters is 1. The van der Waals surface area contributed by atoms with Crippen LogP contribution in [0.5, 0.6) is 0 Å². The molecule has 0 saturated carbocycles. The molecule has 1 rings (SSSR count). The van der Waals surface area contributed by atoms with Gasteiger partial charge in [0.25, 0.3) is 0 Å². The van der Waals surface area contributed by atoms with Gasteiger partial charge in [-0.3, -0.25) is 0 Å². The quantitative estimate of drug-likeness (QED) is 0.429. The van der Waals surface area contributed by atoms with E-state index in [0.29, 0.717) is 5.56 Å². The average molecular weight is 207 g/mol. The minimum atomic E-state index is -0.611. The summed E-state index contributed by atoms with van der Waals surface area (Å²) in [6.07, 6.45) is 0. The van der Waals surface area contributed by atoms with Gasteiger partial charge in [-0.25, -0.2) is 9.18 Å². The lowest BCUT2D eigenvalue weighted by molar-refractivity contribution is -0.136. The van der Waals surface area contributed by atoms with Crippen molar-refractivity contribution < 1.29 is 13.9 Å². The third-order valence-corrected chi connectivity index (χ3v) is 1.58. The standard InChI is InChI=1S/C11H10FNO2/c1-2-15-11(14)6-4-8-3-5-9(12)10(13)7-8/h3,5,7H,2,13H2,1H3. The maximum atomic E-state index is 12.8. The summed E-state index contributed by atoms with van der Waals surface area (Å²) in [5, 5.41) is 0. The first-order valence-electron chi connectivity index (χ1n) is 4.37. The molecule has 0 aromatic heterocycles. The molecule has 15 heavy (non-hydrogen) atoms. The maximum absolute atomic E-state index is 12.8. The fourth-order valence-corrected chi connectivity index (χ4v) is 0.912. The predicted octanol–water partition coefficient (Wildman–Crippen LogP) is 1.32. The molecule has 0 atom stereocenters. The van der Waals surface area contributed by atoms with Gasteiger partial charge in [-0.1, -0.05) is 5.92 Å². The van der Waals surface area contributed by atoms with E-state index in [1.54, 1.807) is 6.92 Å². The summed E-state index contributed by atoms with van der Waals surface area (Å²) in [7, 11) is 0. The summed E-state index contributed by atoms with van der Waals surface area (Å²) in [5.41, 5.74) is 5.81. The number of rotatable bonds is 1. The van der Waals surface area contributed by atoms with E-state index in [-0.39, 0.29) is 12.3 Å². The van der Waals surface area contributed by atoms with Crippen molar-refractivity contribution in [3.8, 4) is 11.8 Å². The van der Waals surface area contributed by atoms with Crippen LogP contribution in [0.4, 0.5) is 10.1 Å². The van der Waals surface area contributed by atoms with Crippen LogP contribution in [-0.4, -0.2) is 12.6 Å². The average Bonchev–Trinajstić information content (AvgIpc) is 2.20. The monoisotopic (exact) mass is 207 g/mol. The maximum Gasteiger partial charge on any atom is 0.384 e. The van der Waals surface area contributed by atoms with E-state index in [2.05, 4.69) is 16.6 Å². The zero-order chi connectivity index (χ0) is 11.3. The molecule has 0 unspecified atom stereocenters. The Balaban J connectivity index is 2.80. The van der Waals surface area contributed by atoms with Gasteiger partial charge in [0.1, 0.15) is 5.82 Å². The van der Waals surface area contributed by atoms with Crippen LogP contribution in [0.2, 0.25) is 0 Å². The third-order valence-electron chi connectivity index (χ3n) is 1.58. The molecule has 4 heteroatoms. The van der Waals surface area contributed by atoms with E-state index in [4.69, 9.17) is 5.73 Å². The number of benzene rings is 1. The Morgan fingerprint density at radius 3 is 2.93 bits per heavy atom. The SMILES string of the molecule is CCOC(=O)C#Cc1ccc(F)c(N)c1. The molecule has 0 aliphatic heterocycles. The van der Waals surface area contributed by atoms with Crippen molar-refractivity contribution in [1.29, 1.82) is 0 Å². The molecule has 0 bridgehead atoms. The number of anilines is 1. The van der Waals surface area contributed by atoms with Crippen LogP contribution in [0.3, 0.4) is 0 Å². The summed E-state index contributed by atoms with van der Waals surface area (Å²) >= 11 is 0. The van der Waals surface area contributed by atoms with E-state index < -0.39 is 11.8 Å². The molecule has 3 nitrogen and oxygen atoms in total. The van der Waals surface area contributed by atoms with Crippen LogP contribution in [0, 0.1) is 17.7 Å². The summed E-state index contributed by atoms with van der Waals surface area (Å²) in [4.78, 5) is 10.9. The normalized spacial score (nSPS) is 8.93. The third kappa shape index (κ3) is 3.31. The van der Waals surface area contributed by atoms with Gasteiger partial charge in [-0.05, 0) is 25.1 Å². The van der Waals surface area contributed by atoms with E-state index in [9.17, 15) is 9.18 Å². The molecule has 0 aliphatic carbocycles. The first kappa shape index (κ1) is 11.1. The Labute approximate surface area is 87.0 Å². The summed E-state index contributed by atoms with van der Waals surface area (Å²) in [6, 6.07) is 4.00. The molecule has 0 aliphatic rings. The van der Waals surface area contributed by atoms with Crippen molar-refractivity contribution in [3.05, 3.63) is 29.6 Å². The van der Waals surface area contributed by atoms with Crippen molar-refractivity contribution in [1.82, 2.24) is 0 Å². The van der Waals surface area contributed by atoms with E-state index in [1.165, 1.54) is 18.2 Å². The number of nitrogen functional groups attached to an aromatic ring is 1. The second-order valence-corrected chi connectivity index (χ2v) is 2.71. The van der Waals surface area contributed by atoms with E-state index >= 15 is 0 Å². The van der Waals surface area contributed by atoms with E-state index in [1.807, 2.05) is 0 Å². The lowest BCUT2D eigenvalue weighted by Gasteiger charge is -1.96. The highest BCUT2D eigenvalue weighted by Gasteiger charge is 1.98. The van der Waals surface area contributed by atoms with Crippen LogP contribution in [-0.2, 0) is 9.53 Å². The zero-order valence-corrected chi connectivity index (χ0v) is 8.21. The highest BCUT2D eigenvalue weighted by Crippen LogP contribution is 2.10. The lowest BCUT2D eigenvalue weighted by Crippen LogP contribution is -1.99. The molecule has 0 radical (unpaired) electrons. The van der Waals surface area contributed by atoms with Crippen molar-refractivity contribution in [2.45, 2.75) is 6.92 Å². The number of hydrogen-bond acceptors (Lipinski definition) is 3. The Morgan fingerprint density at radius 1 is 1.60 bits per heavy atom. The Bertz CT molecular complexity index is 432. The van der Waals surface area contributed by atoms with Gasteiger partial charge in [-0.15, -0.1) is 0 Å². The summed E-state index contributed by atoms with van der Waals surface area (Å²) in [5.74, 6) is 3.67. The molecular formula is C11H10FNO2. The van der Waals surface area contributed by atoms with Crippen LogP contribution in [0.1, 0.15) is 12.5 Å². The fraction of sp³-hybridized carbons (Fsp3) is 0.182. The van der Waals surface area contributed by atoms with Gasteiger partial charge in [0, 0.05) is 11.5 Å². The Morgan fingerprint density at radius 2 is 2.33 bits per heavy atom. The molecule has 2 N–H and O–H groups in total. The van der Waals surface area contributed by atoms with Crippen LogP contribution in [0.15, 0.2) is 18.2 Å². The van der Waals surface area contributed by atoms with Gasteiger partial charge >= 0.3 is 5.97 Å². The molecule has 0 spiro atoms. The molecular weight excluding hydrogens is 197 g/mol. The Kier molecular flexibility index (Phi) is 3.69. The predicted molar refractivity (Wildman–Crippen MR) is 54.3 cm³/mol.